The molecule has 0 aliphatic carbocycles. The Kier molecular flexibility index (Phi) is 6.56. The van der Waals surface area contributed by atoms with Gasteiger partial charge in [0.25, 0.3) is 0 Å². The van der Waals surface area contributed by atoms with Gasteiger partial charge in [-0.3, -0.25) is 9.48 Å². The summed E-state index contributed by atoms with van der Waals surface area (Å²) in [5.74, 6) is 0.0582. The molecule has 1 aromatic rings. The number of hydrogen-bond donors (Lipinski definition) is 2. The van der Waals surface area contributed by atoms with Gasteiger partial charge in [-0.25, -0.2) is 0 Å². The highest BCUT2D eigenvalue weighted by Gasteiger charge is 2.08. The fourth-order valence-electron chi connectivity index (χ4n) is 2.17. The number of carbonyl (C=O) groups excluding carboxylic acids is 1. The van der Waals surface area contributed by atoms with Crippen LogP contribution < -0.4 is 10.6 Å². The first-order chi connectivity index (χ1) is 9.06. The van der Waals surface area contributed by atoms with Crippen molar-refractivity contribution >= 4 is 5.91 Å². The lowest BCUT2D eigenvalue weighted by Crippen LogP contribution is -2.38. The molecule has 2 N–H and O–H groups in total. The van der Waals surface area contributed by atoms with Crippen molar-refractivity contribution in [2.75, 3.05) is 6.54 Å². The van der Waals surface area contributed by atoms with Crippen molar-refractivity contribution in [3.63, 3.8) is 0 Å². The van der Waals surface area contributed by atoms with Crippen molar-refractivity contribution in [1.82, 2.24) is 20.4 Å². The Bertz CT molecular complexity index is 400. The van der Waals surface area contributed by atoms with Crippen LogP contribution in [-0.2, 0) is 24.8 Å². The lowest BCUT2D eigenvalue weighted by Gasteiger charge is -2.13. The highest BCUT2D eigenvalue weighted by Crippen LogP contribution is 2.06. The molecule has 19 heavy (non-hydrogen) atoms. The number of nitrogens with zero attached hydrogens (tertiary/aromatic N) is 2. The summed E-state index contributed by atoms with van der Waals surface area (Å²) in [6.07, 6.45) is 5.03. The maximum atomic E-state index is 11.7. The normalized spacial score (nSPS) is 12.4. The SMILES string of the molecule is CCCC(C)NC(=O)CNCc1cn(C)nc1CC. The predicted octanol–water partition coefficient (Wildman–Crippen LogP) is 1.38. The number of aryl methyl sites for hydroxylation is 2. The van der Waals surface area contributed by atoms with E-state index in [1.807, 2.05) is 24.9 Å². The molecule has 108 valence electrons. The number of nitrogens with one attached hydrogen (secondary N) is 2. The molecule has 0 aliphatic heterocycles. The van der Waals surface area contributed by atoms with Crippen LogP contribution in [0.4, 0.5) is 0 Å². The second-order valence-corrected chi connectivity index (χ2v) is 4.99. The molecule has 0 aliphatic rings. The minimum absolute atomic E-state index is 0.0582. The Morgan fingerprint density at radius 1 is 1.47 bits per heavy atom. The first-order valence-corrected chi connectivity index (χ1v) is 7.08. The molecule has 1 amide bonds. The highest BCUT2D eigenvalue weighted by atomic mass is 16.1. The molecular formula is C14H26N4O. The van der Waals surface area contributed by atoms with Crippen LogP contribution in [0, 0.1) is 0 Å². The highest BCUT2D eigenvalue weighted by molar-refractivity contribution is 5.78. The van der Waals surface area contributed by atoms with E-state index in [1.165, 1.54) is 5.56 Å². The molecule has 0 radical (unpaired) electrons. The molecule has 0 bridgehead atoms. The molecule has 5 heteroatoms. The fraction of sp³-hybridized carbons (Fsp3) is 0.714. The number of amides is 1. The van der Waals surface area contributed by atoms with E-state index in [2.05, 4.69) is 29.6 Å². The Hall–Kier alpha value is -1.36. The number of rotatable bonds is 8. The molecule has 0 saturated carbocycles. The molecule has 1 unspecified atom stereocenters. The van der Waals surface area contributed by atoms with Gasteiger partial charge in [0, 0.05) is 31.4 Å². The van der Waals surface area contributed by atoms with Gasteiger partial charge in [-0.2, -0.15) is 5.10 Å². The number of aromatic nitrogens is 2. The van der Waals surface area contributed by atoms with E-state index < -0.39 is 0 Å². The van der Waals surface area contributed by atoms with Crippen LogP contribution in [0.1, 0.15) is 44.9 Å². The average molecular weight is 266 g/mol. The van der Waals surface area contributed by atoms with E-state index in [1.54, 1.807) is 0 Å². The molecule has 5 nitrogen and oxygen atoms in total. The van der Waals surface area contributed by atoms with E-state index in [9.17, 15) is 4.79 Å². The van der Waals surface area contributed by atoms with Crippen molar-refractivity contribution in [2.24, 2.45) is 7.05 Å². The summed E-state index contributed by atoms with van der Waals surface area (Å²) >= 11 is 0. The fourth-order valence-corrected chi connectivity index (χ4v) is 2.17. The van der Waals surface area contributed by atoms with Crippen molar-refractivity contribution in [2.45, 2.75) is 52.6 Å². The van der Waals surface area contributed by atoms with E-state index >= 15 is 0 Å². The van der Waals surface area contributed by atoms with Crippen LogP contribution in [0.3, 0.4) is 0 Å². The van der Waals surface area contributed by atoms with Crippen LogP contribution in [0.2, 0.25) is 0 Å². The molecule has 0 saturated heterocycles. The van der Waals surface area contributed by atoms with Gasteiger partial charge in [-0.15, -0.1) is 0 Å². The van der Waals surface area contributed by atoms with Crippen LogP contribution in [0.15, 0.2) is 6.20 Å². The smallest absolute Gasteiger partial charge is 0.234 e. The summed E-state index contributed by atoms with van der Waals surface area (Å²) in [6.45, 7) is 7.29. The van der Waals surface area contributed by atoms with Crippen molar-refractivity contribution in [3.8, 4) is 0 Å². The van der Waals surface area contributed by atoms with Gasteiger partial charge in [0.2, 0.25) is 5.91 Å². The zero-order valence-electron chi connectivity index (χ0n) is 12.5. The van der Waals surface area contributed by atoms with Gasteiger partial charge >= 0.3 is 0 Å². The summed E-state index contributed by atoms with van der Waals surface area (Å²) in [5.41, 5.74) is 2.26. The zero-order chi connectivity index (χ0) is 14.3. The lowest BCUT2D eigenvalue weighted by atomic mass is 10.2. The van der Waals surface area contributed by atoms with Gasteiger partial charge < -0.3 is 10.6 Å². The Balaban J connectivity index is 2.31. The maximum Gasteiger partial charge on any atom is 0.234 e. The van der Waals surface area contributed by atoms with Gasteiger partial charge in [0.1, 0.15) is 0 Å². The van der Waals surface area contributed by atoms with Crippen LogP contribution >= 0.6 is 0 Å². The van der Waals surface area contributed by atoms with E-state index in [0.717, 1.165) is 25.0 Å². The Labute approximate surface area is 115 Å². The predicted molar refractivity (Wildman–Crippen MR) is 76.8 cm³/mol. The zero-order valence-corrected chi connectivity index (χ0v) is 12.5. The molecule has 0 fully saturated rings. The molecule has 1 aromatic heterocycles. The van der Waals surface area contributed by atoms with Crippen LogP contribution in [0.25, 0.3) is 0 Å². The molecular weight excluding hydrogens is 240 g/mol. The second kappa shape index (κ2) is 7.94. The third kappa shape index (κ3) is 5.42. The Morgan fingerprint density at radius 3 is 2.84 bits per heavy atom. The minimum Gasteiger partial charge on any atom is -0.353 e. The topological polar surface area (TPSA) is 59.0 Å². The van der Waals surface area contributed by atoms with Gasteiger partial charge in [-0.05, 0) is 19.8 Å². The van der Waals surface area contributed by atoms with Crippen LogP contribution in [0.5, 0.6) is 0 Å². The van der Waals surface area contributed by atoms with E-state index in [-0.39, 0.29) is 11.9 Å². The van der Waals surface area contributed by atoms with Gasteiger partial charge in [0.05, 0.1) is 12.2 Å². The van der Waals surface area contributed by atoms with Crippen LogP contribution in [-0.4, -0.2) is 28.3 Å². The Morgan fingerprint density at radius 2 is 2.21 bits per heavy atom. The molecule has 0 aromatic carbocycles. The molecule has 1 heterocycles. The lowest BCUT2D eigenvalue weighted by molar-refractivity contribution is -0.120. The summed E-state index contributed by atoms with van der Waals surface area (Å²) < 4.78 is 1.82. The summed E-state index contributed by atoms with van der Waals surface area (Å²) in [7, 11) is 1.92. The molecule has 0 spiro atoms. The summed E-state index contributed by atoms with van der Waals surface area (Å²) in [6, 6.07) is 0.254. The second-order valence-electron chi connectivity index (χ2n) is 4.99. The van der Waals surface area contributed by atoms with Crippen molar-refractivity contribution < 1.29 is 4.79 Å². The monoisotopic (exact) mass is 266 g/mol. The largest absolute Gasteiger partial charge is 0.353 e. The van der Waals surface area contributed by atoms with Gasteiger partial charge in [0.15, 0.2) is 0 Å². The summed E-state index contributed by atoms with van der Waals surface area (Å²) in [4.78, 5) is 11.7. The first-order valence-electron chi connectivity index (χ1n) is 7.08. The number of hydrogen-bond acceptors (Lipinski definition) is 3. The quantitative estimate of drug-likeness (QED) is 0.747. The number of carbonyl (C=O) groups is 1. The van der Waals surface area contributed by atoms with Crippen molar-refractivity contribution in [1.29, 1.82) is 0 Å². The van der Waals surface area contributed by atoms with Crippen molar-refractivity contribution in [3.05, 3.63) is 17.5 Å². The van der Waals surface area contributed by atoms with E-state index in [4.69, 9.17) is 0 Å². The standard InChI is InChI=1S/C14H26N4O/c1-5-7-11(3)16-14(19)9-15-8-12-10-18(4)17-13(12)6-2/h10-11,15H,5-9H2,1-4H3,(H,16,19). The molecule has 1 rings (SSSR count). The minimum atomic E-state index is 0.0582. The maximum absolute atomic E-state index is 11.7. The average Bonchev–Trinajstić information content (AvgIpc) is 2.70. The molecule has 1 atom stereocenters. The summed E-state index contributed by atoms with van der Waals surface area (Å²) in [5, 5.41) is 10.5. The van der Waals surface area contributed by atoms with E-state index in [0.29, 0.717) is 13.1 Å². The first kappa shape index (κ1) is 15.7. The third-order valence-corrected chi connectivity index (χ3v) is 3.06. The third-order valence-electron chi connectivity index (χ3n) is 3.06. The van der Waals surface area contributed by atoms with Gasteiger partial charge in [-0.1, -0.05) is 20.3 Å².